The number of anilines is 1. The molecule has 1 aromatic carbocycles. The Kier molecular flexibility index (Phi) is 3.32. The number of nitrogen functional groups attached to an aromatic ring is 1. The van der Waals surface area contributed by atoms with Crippen molar-refractivity contribution in [3.63, 3.8) is 0 Å². The number of hydrogen-bond donors (Lipinski definition) is 1. The third kappa shape index (κ3) is 2.58. The van der Waals surface area contributed by atoms with Crippen LogP contribution >= 0.6 is 0 Å². The van der Waals surface area contributed by atoms with Gasteiger partial charge in [-0.3, -0.25) is 0 Å². The van der Waals surface area contributed by atoms with Gasteiger partial charge >= 0.3 is 0 Å². The first-order chi connectivity index (χ1) is 8.20. The van der Waals surface area contributed by atoms with Crippen molar-refractivity contribution in [2.75, 3.05) is 12.8 Å². The first-order valence-corrected chi connectivity index (χ1v) is 5.54. The third-order valence-corrected chi connectivity index (χ3v) is 2.72. The van der Waals surface area contributed by atoms with Crippen LogP contribution in [0, 0.1) is 6.92 Å². The summed E-state index contributed by atoms with van der Waals surface area (Å²) in [7, 11) is 1.68. The molecule has 0 saturated carbocycles. The van der Waals surface area contributed by atoms with E-state index in [1.165, 1.54) is 0 Å². The first-order valence-electron chi connectivity index (χ1n) is 5.54. The highest BCUT2D eigenvalue weighted by Gasteiger charge is 2.09. The number of methoxy groups -OCH3 is 1. The summed E-state index contributed by atoms with van der Waals surface area (Å²) in [6.07, 6.45) is 1.62. The van der Waals surface area contributed by atoms with Gasteiger partial charge in [0.25, 0.3) is 6.01 Å². The summed E-state index contributed by atoms with van der Waals surface area (Å²) in [5, 5.41) is 0. The smallest absolute Gasteiger partial charge is 0.292 e. The Morgan fingerprint density at radius 3 is 2.71 bits per heavy atom. The summed E-state index contributed by atoms with van der Waals surface area (Å²) in [5.74, 6) is 1.74. The van der Waals surface area contributed by atoms with E-state index >= 15 is 0 Å². The molecule has 1 heterocycles. The van der Waals surface area contributed by atoms with E-state index in [-0.39, 0.29) is 6.01 Å². The van der Waals surface area contributed by atoms with E-state index in [2.05, 4.69) is 4.98 Å². The van der Waals surface area contributed by atoms with Crippen LogP contribution in [0.15, 0.2) is 28.7 Å². The topological polar surface area (TPSA) is 61.3 Å². The molecule has 0 amide bonds. The van der Waals surface area contributed by atoms with Gasteiger partial charge in [-0.15, -0.1) is 0 Å². The molecule has 0 unspecified atom stereocenters. The van der Waals surface area contributed by atoms with E-state index in [1.54, 1.807) is 7.11 Å². The van der Waals surface area contributed by atoms with E-state index in [4.69, 9.17) is 14.9 Å². The maximum absolute atomic E-state index is 5.50. The molecule has 4 heteroatoms. The van der Waals surface area contributed by atoms with Gasteiger partial charge in [-0.05, 0) is 25.0 Å². The number of para-hydroxylation sites is 1. The number of hydrogen-bond acceptors (Lipinski definition) is 4. The van der Waals surface area contributed by atoms with Crippen LogP contribution in [0.4, 0.5) is 6.01 Å². The van der Waals surface area contributed by atoms with Gasteiger partial charge in [-0.25, -0.2) is 0 Å². The zero-order valence-corrected chi connectivity index (χ0v) is 10.1. The highest BCUT2D eigenvalue weighted by atomic mass is 16.5. The largest absolute Gasteiger partial charge is 0.496 e. The lowest BCUT2D eigenvalue weighted by molar-refractivity contribution is 0.408. The van der Waals surface area contributed by atoms with Crippen molar-refractivity contribution >= 4 is 6.01 Å². The van der Waals surface area contributed by atoms with Gasteiger partial charge in [0.2, 0.25) is 0 Å². The summed E-state index contributed by atoms with van der Waals surface area (Å²) in [6, 6.07) is 8.20. The average Bonchev–Trinajstić information content (AvgIpc) is 2.65. The predicted octanol–water partition coefficient (Wildman–Crippen LogP) is 2.36. The number of aromatic nitrogens is 1. The summed E-state index contributed by atoms with van der Waals surface area (Å²) >= 11 is 0. The van der Waals surface area contributed by atoms with Crippen LogP contribution in [0.1, 0.15) is 17.0 Å². The van der Waals surface area contributed by atoms with E-state index in [0.717, 1.165) is 35.6 Å². The van der Waals surface area contributed by atoms with Crippen LogP contribution in [0.5, 0.6) is 5.75 Å². The van der Waals surface area contributed by atoms with Gasteiger partial charge in [-0.1, -0.05) is 18.2 Å². The molecule has 0 spiro atoms. The minimum Gasteiger partial charge on any atom is -0.496 e. The van der Waals surface area contributed by atoms with Crippen molar-refractivity contribution in [1.29, 1.82) is 0 Å². The Bertz CT molecular complexity index is 506. The molecule has 0 aliphatic rings. The van der Waals surface area contributed by atoms with Crippen LogP contribution in [-0.2, 0) is 12.8 Å². The number of ether oxygens (including phenoxy) is 1. The Morgan fingerprint density at radius 2 is 2.06 bits per heavy atom. The summed E-state index contributed by atoms with van der Waals surface area (Å²) in [6.45, 7) is 1.90. The minimum atomic E-state index is 0.234. The van der Waals surface area contributed by atoms with Crippen LogP contribution in [0.25, 0.3) is 0 Å². The summed E-state index contributed by atoms with van der Waals surface area (Å²) in [5.41, 5.74) is 7.52. The van der Waals surface area contributed by atoms with Gasteiger partial charge in [0.05, 0.1) is 12.8 Å². The molecule has 0 atom stereocenters. The van der Waals surface area contributed by atoms with Gasteiger partial charge in [0, 0.05) is 6.42 Å². The lowest BCUT2D eigenvalue weighted by Gasteiger charge is -2.06. The van der Waals surface area contributed by atoms with Gasteiger partial charge in [-0.2, -0.15) is 4.98 Å². The van der Waals surface area contributed by atoms with Crippen molar-refractivity contribution in [3.05, 3.63) is 41.3 Å². The van der Waals surface area contributed by atoms with E-state index in [9.17, 15) is 0 Å². The van der Waals surface area contributed by atoms with Crippen LogP contribution in [-0.4, -0.2) is 12.1 Å². The Morgan fingerprint density at radius 1 is 1.29 bits per heavy atom. The van der Waals surface area contributed by atoms with E-state index in [0.29, 0.717) is 0 Å². The van der Waals surface area contributed by atoms with Crippen molar-refractivity contribution in [3.8, 4) is 5.75 Å². The zero-order chi connectivity index (χ0) is 12.3. The second-order valence-electron chi connectivity index (χ2n) is 3.87. The maximum atomic E-state index is 5.50. The SMILES string of the molecule is COc1ccccc1CCc1oc(N)nc1C. The normalized spacial score (nSPS) is 10.5. The van der Waals surface area contributed by atoms with E-state index in [1.807, 2.05) is 31.2 Å². The van der Waals surface area contributed by atoms with Crippen molar-refractivity contribution in [2.45, 2.75) is 19.8 Å². The molecule has 90 valence electrons. The fourth-order valence-electron chi connectivity index (χ4n) is 1.84. The Hall–Kier alpha value is -1.97. The number of oxazole rings is 1. The molecule has 1 aromatic heterocycles. The fraction of sp³-hybridized carbons (Fsp3) is 0.308. The zero-order valence-electron chi connectivity index (χ0n) is 10.1. The van der Waals surface area contributed by atoms with Gasteiger partial charge < -0.3 is 14.9 Å². The molecule has 2 aromatic rings. The molecule has 0 radical (unpaired) electrons. The molecule has 2 N–H and O–H groups in total. The molecular formula is C13H16N2O2. The molecule has 2 rings (SSSR count). The molecule has 4 nitrogen and oxygen atoms in total. The Balaban J connectivity index is 2.09. The number of nitrogens with two attached hydrogens (primary N) is 1. The van der Waals surface area contributed by atoms with E-state index < -0.39 is 0 Å². The van der Waals surface area contributed by atoms with Crippen LogP contribution in [0.2, 0.25) is 0 Å². The summed E-state index contributed by atoms with van der Waals surface area (Å²) < 4.78 is 10.6. The number of benzene rings is 1. The molecule has 0 bridgehead atoms. The number of aryl methyl sites for hydroxylation is 3. The highest BCUT2D eigenvalue weighted by molar-refractivity contribution is 5.34. The van der Waals surface area contributed by atoms with Crippen molar-refractivity contribution in [2.24, 2.45) is 0 Å². The quantitative estimate of drug-likeness (QED) is 0.879. The second kappa shape index (κ2) is 4.91. The van der Waals surface area contributed by atoms with Crippen molar-refractivity contribution < 1.29 is 9.15 Å². The third-order valence-electron chi connectivity index (χ3n) is 2.72. The molecule has 0 aliphatic heterocycles. The molecule has 0 fully saturated rings. The van der Waals surface area contributed by atoms with Crippen LogP contribution < -0.4 is 10.5 Å². The summed E-state index contributed by atoms with van der Waals surface area (Å²) in [4.78, 5) is 4.05. The molecule has 0 aliphatic carbocycles. The second-order valence-corrected chi connectivity index (χ2v) is 3.87. The molecule has 17 heavy (non-hydrogen) atoms. The maximum Gasteiger partial charge on any atom is 0.292 e. The fourth-order valence-corrected chi connectivity index (χ4v) is 1.84. The molecular weight excluding hydrogens is 216 g/mol. The van der Waals surface area contributed by atoms with Gasteiger partial charge in [0.15, 0.2) is 0 Å². The van der Waals surface area contributed by atoms with Gasteiger partial charge in [0.1, 0.15) is 11.5 Å². The highest BCUT2D eigenvalue weighted by Crippen LogP contribution is 2.21. The van der Waals surface area contributed by atoms with Crippen molar-refractivity contribution in [1.82, 2.24) is 4.98 Å². The predicted molar refractivity (Wildman–Crippen MR) is 66.1 cm³/mol. The average molecular weight is 232 g/mol. The number of rotatable bonds is 4. The lowest BCUT2D eigenvalue weighted by atomic mass is 10.1. The standard InChI is InChI=1S/C13H16N2O2/c1-9-11(17-13(14)15-9)8-7-10-5-3-4-6-12(10)16-2/h3-6H,7-8H2,1-2H3,(H2,14,15). The molecule has 0 saturated heterocycles. The number of nitrogens with zero attached hydrogens (tertiary/aromatic N) is 1. The first kappa shape index (κ1) is 11.5. The lowest BCUT2D eigenvalue weighted by Crippen LogP contribution is -1.95. The Labute approximate surface area is 100 Å². The monoisotopic (exact) mass is 232 g/mol. The van der Waals surface area contributed by atoms with Crippen LogP contribution in [0.3, 0.4) is 0 Å². The minimum absolute atomic E-state index is 0.234.